The second-order valence-corrected chi connectivity index (χ2v) is 7.85. The third kappa shape index (κ3) is 3.64. The van der Waals surface area contributed by atoms with E-state index in [1.54, 1.807) is 0 Å². The van der Waals surface area contributed by atoms with Gasteiger partial charge >= 0.3 is 21.3 Å². The van der Waals surface area contributed by atoms with E-state index >= 15 is 0 Å². The van der Waals surface area contributed by atoms with Gasteiger partial charge in [0.05, 0.1) is 16.6 Å². The fourth-order valence-electron chi connectivity index (χ4n) is 2.93. The second kappa shape index (κ2) is 7.33. The van der Waals surface area contributed by atoms with Crippen LogP contribution in [0.5, 0.6) is 5.75 Å². The smallest absolute Gasteiger partial charge is 0.455 e. The first-order chi connectivity index (χ1) is 15.0. The molecule has 0 aliphatic rings. The molecule has 32 heavy (non-hydrogen) atoms. The minimum Gasteiger partial charge on any atom is -0.455 e. The molecule has 0 aliphatic heterocycles. The van der Waals surface area contributed by atoms with Crippen molar-refractivity contribution < 1.29 is 39.5 Å². The molecule has 0 radical (unpaired) electrons. The molecule has 0 bridgehead atoms. The standard InChI is InChI=1S/C18H9F4N3O6S/c19-10-3-1-9(2-4-10)16-15(17-23-5-6-24-17)11-7-14(31-32(28,29)18(20,21)22)12(25(26)27)8-13(11)30-16/h1-8H,(H,23,24). The minimum absolute atomic E-state index is 0.0303. The van der Waals surface area contributed by atoms with Gasteiger partial charge in [-0.2, -0.15) is 21.6 Å². The Balaban J connectivity index is 2.01. The number of nitrogens with one attached hydrogen (secondary N) is 1. The van der Waals surface area contributed by atoms with Gasteiger partial charge in [-0.3, -0.25) is 10.1 Å². The van der Waals surface area contributed by atoms with Crippen molar-refractivity contribution >= 4 is 26.8 Å². The quantitative estimate of drug-likeness (QED) is 0.146. The van der Waals surface area contributed by atoms with E-state index in [2.05, 4.69) is 14.2 Å². The summed E-state index contributed by atoms with van der Waals surface area (Å²) in [7, 11) is -6.19. The molecule has 9 nitrogen and oxygen atoms in total. The van der Waals surface area contributed by atoms with Crippen LogP contribution in [0.4, 0.5) is 23.2 Å². The molecule has 0 spiro atoms. The van der Waals surface area contributed by atoms with Gasteiger partial charge in [-0.15, -0.1) is 0 Å². The Hall–Kier alpha value is -3.94. The van der Waals surface area contributed by atoms with Gasteiger partial charge in [0.15, 0.2) is 0 Å². The Bertz CT molecular complexity index is 1430. The van der Waals surface area contributed by atoms with E-state index in [1.165, 1.54) is 24.5 Å². The molecule has 4 rings (SSSR count). The molecule has 2 heterocycles. The highest BCUT2D eigenvalue weighted by Gasteiger charge is 2.49. The number of furan rings is 1. The highest BCUT2D eigenvalue weighted by Crippen LogP contribution is 2.44. The van der Waals surface area contributed by atoms with E-state index < -0.39 is 37.8 Å². The molecule has 0 saturated heterocycles. The van der Waals surface area contributed by atoms with Gasteiger partial charge in [-0.25, -0.2) is 9.37 Å². The number of halogens is 4. The van der Waals surface area contributed by atoms with Gasteiger partial charge in [0.25, 0.3) is 0 Å². The van der Waals surface area contributed by atoms with E-state index in [1.807, 2.05) is 0 Å². The highest BCUT2D eigenvalue weighted by atomic mass is 32.2. The molecule has 2 aromatic heterocycles. The predicted octanol–water partition coefficient (Wildman–Crippen LogP) is 4.77. The number of hydrogen-bond acceptors (Lipinski definition) is 7. The van der Waals surface area contributed by atoms with Gasteiger partial charge in [-0.1, -0.05) is 0 Å². The predicted molar refractivity (Wildman–Crippen MR) is 101 cm³/mol. The lowest BCUT2D eigenvalue weighted by atomic mass is 10.0. The van der Waals surface area contributed by atoms with Crippen LogP contribution in [0.3, 0.4) is 0 Å². The summed E-state index contributed by atoms with van der Waals surface area (Å²) >= 11 is 0. The lowest BCUT2D eigenvalue weighted by Crippen LogP contribution is -2.28. The maximum atomic E-state index is 13.3. The number of imidazole rings is 1. The summed E-state index contributed by atoms with van der Waals surface area (Å²) in [5.74, 6) is -1.51. The van der Waals surface area contributed by atoms with Gasteiger partial charge < -0.3 is 13.6 Å². The number of rotatable bonds is 5. The average Bonchev–Trinajstić information content (AvgIpc) is 3.33. The number of fused-ring (bicyclic) bond motifs is 1. The number of nitro groups is 1. The second-order valence-electron chi connectivity index (χ2n) is 6.31. The van der Waals surface area contributed by atoms with Crippen LogP contribution in [-0.4, -0.2) is 28.8 Å². The number of nitro benzene ring substituents is 1. The first-order valence-corrected chi connectivity index (χ1v) is 9.90. The molecule has 0 amide bonds. The van der Waals surface area contributed by atoms with Crippen LogP contribution in [0.1, 0.15) is 0 Å². The normalized spacial score (nSPS) is 12.2. The Morgan fingerprint density at radius 2 is 1.84 bits per heavy atom. The third-order valence-electron chi connectivity index (χ3n) is 4.29. The van der Waals surface area contributed by atoms with Crippen LogP contribution >= 0.6 is 0 Å². The number of nitrogens with zero attached hydrogens (tertiary/aromatic N) is 2. The Labute approximate surface area is 175 Å². The van der Waals surface area contributed by atoms with E-state index in [0.717, 1.165) is 24.3 Å². The van der Waals surface area contributed by atoms with Crippen molar-refractivity contribution in [1.29, 1.82) is 0 Å². The Kier molecular flexibility index (Phi) is 4.88. The minimum atomic E-state index is -6.19. The van der Waals surface area contributed by atoms with Crippen LogP contribution in [0, 0.1) is 15.9 Å². The summed E-state index contributed by atoms with van der Waals surface area (Å²) in [5, 5.41) is 11.3. The van der Waals surface area contributed by atoms with Crippen LogP contribution < -0.4 is 4.18 Å². The van der Waals surface area contributed by atoms with Gasteiger partial charge in [0, 0.05) is 29.4 Å². The topological polar surface area (TPSA) is 128 Å². The number of hydrogen-bond donors (Lipinski definition) is 1. The molecule has 0 unspecified atom stereocenters. The van der Waals surface area contributed by atoms with E-state index in [0.29, 0.717) is 5.56 Å². The van der Waals surface area contributed by atoms with Crippen LogP contribution in [-0.2, 0) is 10.1 Å². The molecular weight excluding hydrogens is 462 g/mol. The summed E-state index contributed by atoms with van der Waals surface area (Å²) in [4.78, 5) is 17.1. The highest BCUT2D eigenvalue weighted by molar-refractivity contribution is 7.88. The SMILES string of the molecule is O=[N+]([O-])c1cc2oc(-c3ccc(F)cc3)c(-c3ncc[nH]3)c2cc1OS(=O)(=O)C(F)(F)F. The molecule has 0 aliphatic carbocycles. The first kappa shape index (κ1) is 21.3. The first-order valence-electron chi connectivity index (χ1n) is 8.49. The Morgan fingerprint density at radius 1 is 1.16 bits per heavy atom. The molecule has 4 aromatic rings. The van der Waals surface area contributed by atoms with Crippen LogP contribution in [0.2, 0.25) is 0 Å². The number of alkyl halides is 3. The van der Waals surface area contributed by atoms with E-state index in [-0.39, 0.29) is 28.1 Å². The zero-order valence-electron chi connectivity index (χ0n) is 15.4. The molecule has 1 N–H and O–H groups in total. The third-order valence-corrected chi connectivity index (χ3v) is 5.26. The van der Waals surface area contributed by atoms with Gasteiger partial charge in [0.1, 0.15) is 23.0 Å². The van der Waals surface area contributed by atoms with Gasteiger partial charge in [-0.05, 0) is 24.3 Å². The summed E-state index contributed by atoms with van der Waals surface area (Å²) in [6.45, 7) is 0. The van der Waals surface area contributed by atoms with Crippen molar-refractivity contribution in [3.05, 3.63) is 64.7 Å². The average molecular weight is 471 g/mol. The van der Waals surface area contributed by atoms with Crippen molar-refractivity contribution in [1.82, 2.24) is 9.97 Å². The lowest BCUT2D eigenvalue weighted by molar-refractivity contribution is -0.385. The number of aromatic amines is 1. The molecule has 14 heteroatoms. The number of aromatic nitrogens is 2. The molecular formula is C18H9F4N3O6S. The summed E-state index contributed by atoms with van der Waals surface area (Å²) in [5.41, 5.74) is -6.59. The summed E-state index contributed by atoms with van der Waals surface area (Å²) in [6.07, 6.45) is 2.79. The van der Waals surface area contributed by atoms with Crippen LogP contribution in [0.15, 0.2) is 53.2 Å². The number of H-pyrrole nitrogens is 1. The van der Waals surface area contributed by atoms with Crippen molar-refractivity contribution in [3.63, 3.8) is 0 Å². The van der Waals surface area contributed by atoms with Crippen LogP contribution in [0.25, 0.3) is 33.7 Å². The zero-order valence-corrected chi connectivity index (χ0v) is 16.2. The molecule has 0 saturated carbocycles. The van der Waals surface area contributed by atoms with Crippen molar-refractivity contribution in [2.75, 3.05) is 0 Å². The molecule has 2 aromatic carbocycles. The van der Waals surface area contributed by atoms with Crippen molar-refractivity contribution in [3.8, 4) is 28.5 Å². The molecule has 0 fully saturated rings. The Morgan fingerprint density at radius 3 is 2.41 bits per heavy atom. The zero-order chi connectivity index (χ0) is 23.3. The van der Waals surface area contributed by atoms with E-state index in [9.17, 15) is 36.1 Å². The fraction of sp³-hybridized carbons (Fsp3) is 0.0556. The number of benzene rings is 2. The maximum absolute atomic E-state index is 13.3. The molecule has 166 valence electrons. The van der Waals surface area contributed by atoms with E-state index in [4.69, 9.17) is 4.42 Å². The lowest BCUT2D eigenvalue weighted by Gasteiger charge is -2.09. The summed E-state index contributed by atoms with van der Waals surface area (Å²) in [6, 6.07) is 6.42. The summed E-state index contributed by atoms with van der Waals surface area (Å²) < 4.78 is 84.3. The van der Waals surface area contributed by atoms with Crippen molar-refractivity contribution in [2.45, 2.75) is 5.51 Å². The fourth-order valence-corrected chi connectivity index (χ4v) is 3.39. The molecule has 0 atom stereocenters. The van der Waals surface area contributed by atoms with Crippen molar-refractivity contribution in [2.24, 2.45) is 0 Å². The largest absolute Gasteiger partial charge is 0.534 e. The van der Waals surface area contributed by atoms with Gasteiger partial charge in [0.2, 0.25) is 5.75 Å². The maximum Gasteiger partial charge on any atom is 0.534 e. The monoisotopic (exact) mass is 471 g/mol.